The molecule has 1 aromatic rings. The summed E-state index contributed by atoms with van der Waals surface area (Å²) >= 11 is 0. The van der Waals surface area contributed by atoms with Gasteiger partial charge in [0.1, 0.15) is 23.3 Å². The third-order valence-corrected chi connectivity index (χ3v) is 4.68. The zero-order valence-electron chi connectivity index (χ0n) is 12.9. The Labute approximate surface area is 125 Å². The van der Waals surface area contributed by atoms with E-state index in [9.17, 15) is 5.11 Å². The summed E-state index contributed by atoms with van der Waals surface area (Å²) in [6.45, 7) is 6.12. The summed E-state index contributed by atoms with van der Waals surface area (Å²) in [5.41, 5.74) is 0.509. The van der Waals surface area contributed by atoms with Crippen LogP contribution >= 0.6 is 0 Å². The molecule has 0 saturated heterocycles. The molecular weight excluding hydrogens is 266 g/mol. The SMILES string of the molecule is COc1cccc2c1N=C[C@]1(O2)C(O)C(C)=CCC1(C)C. The maximum Gasteiger partial charge on any atom is 0.179 e. The maximum absolute atomic E-state index is 10.7. The summed E-state index contributed by atoms with van der Waals surface area (Å²) in [4.78, 5) is 4.56. The van der Waals surface area contributed by atoms with Crippen molar-refractivity contribution in [3.63, 3.8) is 0 Å². The Hall–Kier alpha value is -1.81. The molecule has 1 heterocycles. The molecule has 0 radical (unpaired) electrons. The number of aliphatic imine (C=N–C) groups is 1. The van der Waals surface area contributed by atoms with Crippen molar-refractivity contribution in [1.82, 2.24) is 0 Å². The number of ether oxygens (including phenoxy) is 2. The molecule has 0 saturated carbocycles. The minimum atomic E-state index is -0.842. The highest BCUT2D eigenvalue weighted by molar-refractivity contribution is 5.82. The molecule has 0 aromatic heterocycles. The Bertz CT molecular complexity index is 633. The van der Waals surface area contributed by atoms with Crippen molar-refractivity contribution in [3.05, 3.63) is 29.8 Å². The van der Waals surface area contributed by atoms with Crippen LogP contribution in [0.5, 0.6) is 11.5 Å². The Morgan fingerprint density at radius 1 is 1.38 bits per heavy atom. The lowest BCUT2D eigenvalue weighted by molar-refractivity contribution is -0.0678. The molecule has 1 aromatic carbocycles. The fourth-order valence-corrected chi connectivity index (χ4v) is 3.08. The summed E-state index contributed by atoms with van der Waals surface area (Å²) < 4.78 is 11.6. The van der Waals surface area contributed by atoms with Crippen LogP contribution in [0.25, 0.3) is 0 Å². The van der Waals surface area contributed by atoms with E-state index in [1.807, 2.05) is 25.1 Å². The van der Waals surface area contributed by atoms with Crippen LogP contribution in [-0.4, -0.2) is 30.1 Å². The number of rotatable bonds is 1. The van der Waals surface area contributed by atoms with Gasteiger partial charge in [0.15, 0.2) is 5.60 Å². The predicted octanol–water partition coefficient (Wildman–Crippen LogP) is 3.27. The Kier molecular flexibility index (Phi) is 3.10. The number of nitrogens with zero attached hydrogens (tertiary/aromatic N) is 1. The molecule has 0 amide bonds. The van der Waals surface area contributed by atoms with Crippen molar-refractivity contribution >= 4 is 11.9 Å². The number of allylic oxidation sites excluding steroid dienone is 1. The van der Waals surface area contributed by atoms with Gasteiger partial charge < -0.3 is 14.6 Å². The van der Waals surface area contributed by atoms with Crippen LogP contribution in [0.3, 0.4) is 0 Å². The maximum atomic E-state index is 10.7. The van der Waals surface area contributed by atoms with Gasteiger partial charge >= 0.3 is 0 Å². The summed E-state index contributed by atoms with van der Waals surface area (Å²) in [7, 11) is 1.61. The smallest absolute Gasteiger partial charge is 0.179 e. The molecule has 1 N–H and O–H groups in total. The van der Waals surface area contributed by atoms with E-state index in [4.69, 9.17) is 9.47 Å². The third-order valence-electron chi connectivity index (χ3n) is 4.68. The lowest BCUT2D eigenvalue weighted by atomic mass is 9.64. The Morgan fingerprint density at radius 2 is 2.14 bits per heavy atom. The molecule has 1 aliphatic heterocycles. The second kappa shape index (κ2) is 4.60. The molecule has 1 spiro atoms. The van der Waals surface area contributed by atoms with Gasteiger partial charge in [-0.1, -0.05) is 26.0 Å². The lowest BCUT2D eigenvalue weighted by Gasteiger charge is -2.50. The zero-order valence-corrected chi connectivity index (χ0v) is 12.9. The fraction of sp³-hybridized carbons (Fsp3) is 0.471. The number of aliphatic hydroxyl groups excluding tert-OH is 1. The first-order chi connectivity index (χ1) is 9.91. The Balaban J connectivity index is 2.12. The van der Waals surface area contributed by atoms with E-state index < -0.39 is 11.7 Å². The van der Waals surface area contributed by atoms with Crippen molar-refractivity contribution in [1.29, 1.82) is 0 Å². The number of methoxy groups -OCH3 is 1. The van der Waals surface area contributed by atoms with E-state index in [-0.39, 0.29) is 5.41 Å². The van der Waals surface area contributed by atoms with Gasteiger partial charge in [0.25, 0.3) is 0 Å². The minimum absolute atomic E-state index is 0.254. The van der Waals surface area contributed by atoms with Gasteiger partial charge in [-0.2, -0.15) is 0 Å². The highest BCUT2D eigenvalue weighted by Gasteiger charge is 2.55. The van der Waals surface area contributed by atoms with E-state index in [0.29, 0.717) is 17.2 Å². The average molecular weight is 287 g/mol. The van der Waals surface area contributed by atoms with E-state index in [2.05, 4.69) is 24.9 Å². The van der Waals surface area contributed by atoms with Crippen LogP contribution in [0.15, 0.2) is 34.8 Å². The number of para-hydroxylation sites is 1. The second-order valence-electron chi connectivity index (χ2n) is 6.40. The van der Waals surface area contributed by atoms with Crippen molar-refractivity contribution in [2.75, 3.05) is 7.11 Å². The molecule has 21 heavy (non-hydrogen) atoms. The van der Waals surface area contributed by atoms with Gasteiger partial charge in [-0.15, -0.1) is 0 Å². The topological polar surface area (TPSA) is 51.0 Å². The monoisotopic (exact) mass is 287 g/mol. The molecule has 3 rings (SSSR count). The molecule has 1 unspecified atom stereocenters. The van der Waals surface area contributed by atoms with E-state index >= 15 is 0 Å². The van der Waals surface area contributed by atoms with Crippen LogP contribution in [0.1, 0.15) is 27.2 Å². The molecular formula is C17H21NO3. The van der Waals surface area contributed by atoms with E-state index in [1.165, 1.54) is 0 Å². The lowest BCUT2D eigenvalue weighted by Crippen LogP contribution is -2.62. The van der Waals surface area contributed by atoms with Gasteiger partial charge in [-0.3, -0.25) is 0 Å². The largest absolute Gasteiger partial charge is 0.494 e. The standard InChI is InChI=1S/C17H21NO3/c1-11-8-9-16(2,3)17(15(11)19)10-18-14-12(20-4)6-5-7-13(14)21-17/h5-8,10,15,19H,9H2,1-4H3/t15?,17-/m0/s1. The molecule has 112 valence electrons. The normalized spacial score (nSPS) is 29.6. The van der Waals surface area contributed by atoms with Gasteiger partial charge in [0.05, 0.1) is 13.3 Å². The van der Waals surface area contributed by atoms with Gasteiger partial charge in [-0.25, -0.2) is 4.99 Å². The molecule has 1 aliphatic carbocycles. The number of hydrogen-bond donors (Lipinski definition) is 1. The molecule has 4 nitrogen and oxygen atoms in total. The van der Waals surface area contributed by atoms with Crippen LogP contribution < -0.4 is 9.47 Å². The highest BCUT2D eigenvalue weighted by Crippen LogP contribution is 2.50. The van der Waals surface area contributed by atoms with Gasteiger partial charge in [-0.05, 0) is 31.1 Å². The number of fused-ring (bicyclic) bond motifs is 1. The summed E-state index contributed by atoms with van der Waals surface area (Å²) in [6, 6.07) is 5.59. The third kappa shape index (κ3) is 1.89. The quantitative estimate of drug-likeness (QED) is 0.807. The van der Waals surface area contributed by atoms with E-state index in [0.717, 1.165) is 12.0 Å². The molecule has 2 atom stereocenters. The number of aliphatic hydroxyl groups is 1. The number of hydrogen-bond acceptors (Lipinski definition) is 4. The zero-order chi connectivity index (χ0) is 15.3. The van der Waals surface area contributed by atoms with Crippen molar-refractivity contribution < 1.29 is 14.6 Å². The number of benzene rings is 1. The van der Waals surface area contributed by atoms with Gasteiger partial charge in [0, 0.05) is 5.41 Å². The molecule has 0 bridgehead atoms. The average Bonchev–Trinajstić information content (AvgIpc) is 2.49. The minimum Gasteiger partial charge on any atom is -0.494 e. The predicted molar refractivity (Wildman–Crippen MR) is 82.7 cm³/mol. The van der Waals surface area contributed by atoms with Crippen molar-refractivity contribution in [2.45, 2.75) is 38.9 Å². The van der Waals surface area contributed by atoms with Crippen LogP contribution in [0, 0.1) is 5.41 Å². The van der Waals surface area contributed by atoms with Crippen LogP contribution in [0.2, 0.25) is 0 Å². The van der Waals surface area contributed by atoms with E-state index in [1.54, 1.807) is 13.3 Å². The summed E-state index contributed by atoms with van der Waals surface area (Å²) in [6.07, 6.45) is 3.96. The van der Waals surface area contributed by atoms with Crippen LogP contribution in [-0.2, 0) is 0 Å². The Morgan fingerprint density at radius 3 is 2.86 bits per heavy atom. The van der Waals surface area contributed by atoms with Crippen LogP contribution in [0.4, 0.5) is 5.69 Å². The summed E-state index contributed by atoms with van der Waals surface area (Å²) in [5.74, 6) is 1.33. The first-order valence-corrected chi connectivity index (χ1v) is 7.17. The summed E-state index contributed by atoms with van der Waals surface area (Å²) in [5, 5.41) is 10.7. The first kappa shape index (κ1) is 14.1. The fourth-order valence-electron chi connectivity index (χ4n) is 3.08. The van der Waals surface area contributed by atoms with Gasteiger partial charge in [0.2, 0.25) is 0 Å². The van der Waals surface area contributed by atoms with Crippen molar-refractivity contribution in [3.8, 4) is 11.5 Å². The molecule has 2 aliphatic rings. The first-order valence-electron chi connectivity index (χ1n) is 7.17. The molecule has 0 fully saturated rings. The highest BCUT2D eigenvalue weighted by atomic mass is 16.5. The van der Waals surface area contributed by atoms with Crippen molar-refractivity contribution in [2.24, 2.45) is 10.4 Å². The second-order valence-corrected chi connectivity index (χ2v) is 6.40. The molecule has 4 heteroatoms.